The molecule has 0 unspecified atom stereocenters. The number of nitrogens with zero attached hydrogens (tertiary/aromatic N) is 1. The van der Waals surface area contributed by atoms with E-state index in [0.29, 0.717) is 16.9 Å². The van der Waals surface area contributed by atoms with Crippen LogP contribution in [0.25, 0.3) is 22.5 Å². The molecule has 4 heteroatoms. The molecule has 2 N–H and O–H groups in total. The molecule has 0 fully saturated rings. The molecule has 2 aromatic carbocycles. The standard InChI is InChI=1S/C21H23NO3/c1-3-4-5-8-16-13-17(23)19(15-9-6-7-14(2)12-15)21(24)20(16)18-10-11-22-25-18/h6-7,9-13,23-24H,3-5,8H2,1-2H3. The summed E-state index contributed by atoms with van der Waals surface area (Å²) in [7, 11) is 0. The predicted octanol–water partition coefficient (Wildman–Crippen LogP) is 5.46. The van der Waals surface area contributed by atoms with E-state index in [9.17, 15) is 10.2 Å². The Labute approximate surface area is 147 Å². The molecule has 3 aromatic rings. The van der Waals surface area contributed by atoms with E-state index in [4.69, 9.17) is 4.52 Å². The summed E-state index contributed by atoms with van der Waals surface area (Å²) in [6.45, 7) is 4.13. The molecule has 1 heterocycles. The van der Waals surface area contributed by atoms with Crippen LogP contribution in [-0.4, -0.2) is 15.4 Å². The van der Waals surface area contributed by atoms with Crippen molar-refractivity contribution in [3.8, 4) is 33.9 Å². The zero-order valence-electron chi connectivity index (χ0n) is 14.6. The van der Waals surface area contributed by atoms with Crippen LogP contribution in [0.5, 0.6) is 11.5 Å². The summed E-state index contributed by atoms with van der Waals surface area (Å²) in [6.07, 6.45) is 5.51. The quantitative estimate of drug-likeness (QED) is 0.586. The number of rotatable bonds is 6. The Balaban J connectivity index is 2.17. The average Bonchev–Trinajstić information content (AvgIpc) is 3.09. The zero-order valence-corrected chi connectivity index (χ0v) is 14.6. The lowest BCUT2D eigenvalue weighted by Gasteiger charge is -2.16. The van der Waals surface area contributed by atoms with Crippen molar-refractivity contribution in [1.82, 2.24) is 5.16 Å². The first-order valence-corrected chi connectivity index (χ1v) is 8.67. The molecule has 0 radical (unpaired) electrons. The molecule has 0 spiro atoms. The molecule has 0 amide bonds. The second-order valence-electron chi connectivity index (χ2n) is 6.36. The second kappa shape index (κ2) is 7.43. The third-order valence-corrected chi connectivity index (χ3v) is 4.40. The molecule has 130 valence electrons. The lowest BCUT2D eigenvalue weighted by molar-refractivity contribution is 0.423. The molecule has 0 bridgehead atoms. The van der Waals surface area contributed by atoms with Gasteiger partial charge in [0.15, 0.2) is 5.76 Å². The van der Waals surface area contributed by atoms with Gasteiger partial charge in [-0.15, -0.1) is 0 Å². The van der Waals surface area contributed by atoms with E-state index < -0.39 is 0 Å². The number of benzene rings is 2. The summed E-state index contributed by atoms with van der Waals surface area (Å²) in [4.78, 5) is 0. The van der Waals surface area contributed by atoms with Gasteiger partial charge in [0, 0.05) is 6.07 Å². The highest BCUT2D eigenvalue weighted by atomic mass is 16.5. The highest BCUT2D eigenvalue weighted by Crippen LogP contribution is 2.46. The minimum Gasteiger partial charge on any atom is -0.507 e. The first-order chi connectivity index (χ1) is 12.1. The molecule has 4 nitrogen and oxygen atoms in total. The van der Waals surface area contributed by atoms with Crippen LogP contribution in [0, 0.1) is 6.92 Å². The van der Waals surface area contributed by atoms with E-state index in [2.05, 4.69) is 12.1 Å². The summed E-state index contributed by atoms with van der Waals surface area (Å²) in [5.41, 5.74) is 3.74. The highest BCUT2D eigenvalue weighted by molar-refractivity contribution is 5.86. The van der Waals surface area contributed by atoms with Gasteiger partial charge < -0.3 is 14.7 Å². The van der Waals surface area contributed by atoms with E-state index in [0.717, 1.165) is 42.4 Å². The SMILES string of the molecule is CCCCCc1cc(O)c(-c2cccc(C)c2)c(O)c1-c1ccno1. The summed E-state index contributed by atoms with van der Waals surface area (Å²) in [5, 5.41) is 25.3. The molecule has 0 saturated heterocycles. The van der Waals surface area contributed by atoms with Gasteiger partial charge in [-0.3, -0.25) is 0 Å². The van der Waals surface area contributed by atoms with Crippen molar-refractivity contribution in [3.63, 3.8) is 0 Å². The molecule has 0 atom stereocenters. The lowest BCUT2D eigenvalue weighted by Crippen LogP contribution is -1.94. The molecule has 25 heavy (non-hydrogen) atoms. The number of unbranched alkanes of at least 4 members (excludes halogenated alkanes) is 2. The molecule has 0 saturated carbocycles. The maximum Gasteiger partial charge on any atom is 0.170 e. The van der Waals surface area contributed by atoms with Crippen molar-refractivity contribution in [1.29, 1.82) is 0 Å². The van der Waals surface area contributed by atoms with E-state index in [1.165, 1.54) is 0 Å². The summed E-state index contributed by atoms with van der Waals surface area (Å²) in [6, 6.07) is 11.2. The topological polar surface area (TPSA) is 66.5 Å². The van der Waals surface area contributed by atoms with Gasteiger partial charge >= 0.3 is 0 Å². The fourth-order valence-corrected chi connectivity index (χ4v) is 3.18. The van der Waals surface area contributed by atoms with Gasteiger partial charge in [-0.2, -0.15) is 0 Å². The lowest BCUT2D eigenvalue weighted by atomic mass is 9.92. The third-order valence-electron chi connectivity index (χ3n) is 4.40. The maximum atomic E-state index is 11.0. The van der Waals surface area contributed by atoms with Crippen molar-refractivity contribution >= 4 is 0 Å². The third kappa shape index (κ3) is 3.53. The summed E-state index contributed by atoms with van der Waals surface area (Å²) >= 11 is 0. The normalized spacial score (nSPS) is 11.0. The summed E-state index contributed by atoms with van der Waals surface area (Å²) < 4.78 is 5.31. The van der Waals surface area contributed by atoms with Crippen LogP contribution in [0.1, 0.15) is 37.3 Å². The molecule has 0 aliphatic rings. The van der Waals surface area contributed by atoms with Crippen LogP contribution in [0.15, 0.2) is 47.1 Å². The number of hydrogen-bond donors (Lipinski definition) is 2. The molecule has 0 aliphatic carbocycles. The zero-order chi connectivity index (χ0) is 17.8. The van der Waals surface area contributed by atoms with Crippen molar-refractivity contribution in [2.24, 2.45) is 0 Å². The van der Waals surface area contributed by atoms with E-state index >= 15 is 0 Å². The first-order valence-electron chi connectivity index (χ1n) is 8.67. The fraction of sp³-hybridized carbons (Fsp3) is 0.286. The van der Waals surface area contributed by atoms with Crippen molar-refractivity contribution in [2.75, 3.05) is 0 Å². The minimum absolute atomic E-state index is 0.0360. The number of phenolic OH excluding ortho intramolecular Hbond substituents is 2. The van der Waals surface area contributed by atoms with Gasteiger partial charge in [-0.25, -0.2) is 0 Å². The van der Waals surface area contributed by atoms with Crippen LogP contribution in [0.4, 0.5) is 0 Å². The minimum atomic E-state index is 0.0360. The number of aromatic hydroxyl groups is 2. The molecular weight excluding hydrogens is 314 g/mol. The van der Waals surface area contributed by atoms with Gasteiger partial charge in [-0.1, -0.05) is 54.8 Å². The van der Waals surface area contributed by atoms with Crippen molar-refractivity contribution in [3.05, 3.63) is 53.7 Å². The number of aromatic nitrogens is 1. The van der Waals surface area contributed by atoms with Crippen LogP contribution < -0.4 is 0 Å². The van der Waals surface area contributed by atoms with Crippen LogP contribution in [0.2, 0.25) is 0 Å². The van der Waals surface area contributed by atoms with Gasteiger partial charge in [0.1, 0.15) is 11.5 Å². The predicted molar refractivity (Wildman–Crippen MR) is 98.7 cm³/mol. The number of hydrogen-bond acceptors (Lipinski definition) is 4. The summed E-state index contributed by atoms with van der Waals surface area (Å²) in [5.74, 6) is 0.629. The Morgan fingerprint density at radius 1 is 1.04 bits per heavy atom. The smallest absolute Gasteiger partial charge is 0.170 e. The monoisotopic (exact) mass is 337 g/mol. The second-order valence-corrected chi connectivity index (χ2v) is 6.36. The Bertz CT molecular complexity index is 854. The molecular formula is C21H23NO3. The van der Waals surface area contributed by atoms with Crippen LogP contribution in [-0.2, 0) is 6.42 Å². The van der Waals surface area contributed by atoms with Gasteiger partial charge in [0.25, 0.3) is 0 Å². The average molecular weight is 337 g/mol. The number of aryl methyl sites for hydroxylation is 2. The Kier molecular flexibility index (Phi) is 5.08. The van der Waals surface area contributed by atoms with E-state index in [1.54, 1.807) is 18.3 Å². The number of phenols is 2. The van der Waals surface area contributed by atoms with Crippen molar-refractivity contribution < 1.29 is 14.7 Å². The van der Waals surface area contributed by atoms with Crippen molar-refractivity contribution in [2.45, 2.75) is 39.5 Å². The Morgan fingerprint density at radius 2 is 1.88 bits per heavy atom. The molecule has 3 rings (SSSR count). The maximum absolute atomic E-state index is 11.0. The van der Waals surface area contributed by atoms with Crippen LogP contribution in [0.3, 0.4) is 0 Å². The highest BCUT2D eigenvalue weighted by Gasteiger charge is 2.22. The van der Waals surface area contributed by atoms with Gasteiger partial charge in [0.2, 0.25) is 0 Å². The van der Waals surface area contributed by atoms with Gasteiger partial charge in [0.05, 0.1) is 17.3 Å². The van der Waals surface area contributed by atoms with E-state index in [1.807, 2.05) is 31.2 Å². The Hall–Kier alpha value is -2.75. The Morgan fingerprint density at radius 3 is 2.56 bits per heavy atom. The molecule has 0 aliphatic heterocycles. The van der Waals surface area contributed by atoms with Gasteiger partial charge in [-0.05, 0) is 37.0 Å². The van der Waals surface area contributed by atoms with Crippen LogP contribution >= 0.6 is 0 Å². The fourth-order valence-electron chi connectivity index (χ4n) is 3.18. The van der Waals surface area contributed by atoms with E-state index in [-0.39, 0.29) is 11.5 Å². The molecule has 1 aromatic heterocycles. The largest absolute Gasteiger partial charge is 0.507 e. The first kappa shape index (κ1) is 17.1.